The van der Waals surface area contributed by atoms with Gasteiger partial charge in [0, 0.05) is 17.2 Å². The highest BCUT2D eigenvalue weighted by molar-refractivity contribution is 7.14. The number of phenols is 2. The summed E-state index contributed by atoms with van der Waals surface area (Å²) in [6.07, 6.45) is 0. The van der Waals surface area contributed by atoms with Gasteiger partial charge in [-0.25, -0.2) is 0 Å². The summed E-state index contributed by atoms with van der Waals surface area (Å²) >= 11 is 1.40. The molecule has 0 radical (unpaired) electrons. The Bertz CT molecular complexity index is 549. The maximum Gasteiger partial charge on any atom is 0.256 e. The van der Waals surface area contributed by atoms with Crippen molar-refractivity contribution in [3.05, 3.63) is 40.8 Å². The highest BCUT2D eigenvalue weighted by atomic mass is 32.1. The molecular formula is C12H11NO3S. The SMILES string of the molecule is Cc1c(O)cc(O)cc1C(=O)Nc1cccs1. The van der Waals surface area contributed by atoms with Crippen molar-refractivity contribution < 1.29 is 15.0 Å². The summed E-state index contributed by atoms with van der Waals surface area (Å²) in [6.45, 7) is 1.62. The van der Waals surface area contributed by atoms with Crippen LogP contribution in [0.4, 0.5) is 5.00 Å². The predicted molar refractivity (Wildman–Crippen MR) is 66.8 cm³/mol. The van der Waals surface area contributed by atoms with E-state index < -0.39 is 0 Å². The van der Waals surface area contributed by atoms with E-state index in [0.29, 0.717) is 5.56 Å². The van der Waals surface area contributed by atoms with Gasteiger partial charge in [0.2, 0.25) is 0 Å². The Balaban J connectivity index is 2.31. The molecule has 0 aliphatic carbocycles. The van der Waals surface area contributed by atoms with Gasteiger partial charge in [0.25, 0.3) is 5.91 Å². The van der Waals surface area contributed by atoms with E-state index in [1.807, 2.05) is 11.4 Å². The van der Waals surface area contributed by atoms with E-state index in [1.165, 1.54) is 23.5 Å². The van der Waals surface area contributed by atoms with Gasteiger partial charge >= 0.3 is 0 Å². The Kier molecular flexibility index (Phi) is 3.01. The van der Waals surface area contributed by atoms with Gasteiger partial charge in [-0.1, -0.05) is 0 Å². The predicted octanol–water partition coefficient (Wildman–Crippen LogP) is 2.72. The van der Waals surface area contributed by atoms with Crippen LogP contribution in [0.2, 0.25) is 0 Å². The number of nitrogens with one attached hydrogen (secondary N) is 1. The van der Waals surface area contributed by atoms with Crippen LogP contribution in [0.15, 0.2) is 29.6 Å². The summed E-state index contributed by atoms with van der Waals surface area (Å²) in [7, 11) is 0. The maximum atomic E-state index is 11.9. The van der Waals surface area contributed by atoms with Crippen molar-refractivity contribution >= 4 is 22.2 Å². The smallest absolute Gasteiger partial charge is 0.256 e. The Labute approximate surface area is 102 Å². The van der Waals surface area contributed by atoms with Crippen molar-refractivity contribution in [2.24, 2.45) is 0 Å². The van der Waals surface area contributed by atoms with Crippen LogP contribution < -0.4 is 5.32 Å². The van der Waals surface area contributed by atoms with Crippen LogP contribution in [0.1, 0.15) is 15.9 Å². The van der Waals surface area contributed by atoms with Crippen molar-refractivity contribution in [2.45, 2.75) is 6.92 Å². The monoisotopic (exact) mass is 249 g/mol. The van der Waals surface area contributed by atoms with Crippen molar-refractivity contribution in [3.63, 3.8) is 0 Å². The molecule has 4 nitrogen and oxygen atoms in total. The highest BCUT2D eigenvalue weighted by Gasteiger charge is 2.14. The lowest BCUT2D eigenvalue weighted by Gasteiger charge is -2.08. The van der Waals surface area contributed by atoms with E-state index in [9.17, 15) is 15.0 Å². The van der Waals surface area contributed by atoms with E-state index in [0.717, 1.165) is 5.00 Å². The number of benzene rings is 1. The molecule has 1 heterocycles. The van der Waals surface area contributed by atoms with Crippen molar-refractivity contribution in [2.75, 3.05) is 5.32 Å². The lowest BCUT2D eigenvalue weighted by atomic mass is 10.1. The Morgan fingerprint density at radius 2 is 2.12 bits per heavy atom. The van der Waals surface area contributed by atoms with E-state index >= 15 is 0 Å². The van der Waals surface area contributed by atoms with Gasteiger partial charge in [0.1, 0.15) is 11.5 Å². The van der Waals surface area contributed by atoms with Crippen molar-refractivity contribution in [1.82, 2.24) is 0 Å². The molecule has 2 rings (SSSR count). The minimum atomic E-state index is -0.351. The second kappa shape index (κ2) is 4.47. The first-order valence-corrected chi connectivity index (χ1v) is 5.83. The fourth-order valence-corrected chi connectivity index (χ4v) is 2.06. The summed E-state index contributed by atoms with van der Waals surface area (Å²) in [5.74, 6) is -0.582. The standard InChI is InChI=1S/C12H11NO3S/c1-7-9(5-8(14)6-10(7)15)12(16)13-11-3-2-4-17-11/h2-6,14-15H,1H3,(H,13,16). The van der Waals surface area contributed by atoms with Crippen LogP contribution in [-0.2, 0) is 0 Å². The molecule has 1 aromatic heterocycles. The van der Waals surface area contributed by atoms with Crippen molar-refractivity contribution in [3.8, 4) is 11.5 Å². The van der Waals surface area contributed by atoms with E-state index in [1.54, 1.807) is 13.0 Å². The largest absolute Gasteiger partial charge is 0.508 e. The Morgan fingerprint density at radius 3 is 2.76 bits per heavy atom. The Morgan fingerprint density at radius 1 is 1.35 bits per heavy atom. The minimum Gasteiger partial charge on any atom is -0.508 e. The molecule has 1 aromatic carbocycles. The zero-order chi connectivity index (χ0) is 12.4. The first kappa shape index (κ1) is 11.5. The van der Waals surface area contributed by atoms with Gasteiger partial charge in [-0.3, -0.25) is 4.79 Å². The molecule has 0 bridgehead atoms. The number of phenolic OH excluding ortho intramolecular Hbond substituents is 2. The van der Waals surface area contributed by atoms with Crippen molar-refractivity contribution in [1.29, 1.82) is 0 Å². The normalized spacial score (nSPS) is 10.2. The van der Waals surface area contributed by atoms with Gasteiger partial charge in [-0.2, -0.15) is 0 Å². The number of thiophene rings is 1. The Hall–Kier alpha value is -2.01. The molecule has 0 saturated heterocycles. The van der Waals surface area contributed by atoms with Gasteiger partial charge in [0.15, 0.2) is 0 Å². The van der Waals surface area contributed by atoms with E-state index in [2.05, 4.69) is 5.32 Å². The van der Waals surface area contributed by atoms with Crippen LogP contribution in [0, 0.1) is 6.92 Å². The molecule has 0 aliphatic heterocycles. The molecule has 88 valence electrons. The number of carbonyl (C=O) groups excluding carboxylic acids is 1. The van der Waals surface area contributed by atoms with Gasteiger partial charge in [0.05, 0.1) is 5.00 Å². The first-order valence-electron chi connectivity index (χ1n) is 4.95. The lowest BCUT2D eigenvalue weighted by Crippen LogP contribution is -2.12. The fourth-order valence-electron chi connectivity index (χ4n) is 1.45. The maximum absolute atomic E-state index is 11.9. The summed E-state index contributed by atoms with van der Waals surface area (Å²) < 4.78 is 0. The number of rotatable bonds is 2. The van der Waals surface area contributed by atoms with Crippen LogP contribution in [0.25, 0.3) is 0 Å². The third kappa shape index (κ3) is 2.39. The number of hydrogen-bond acceptors (Lipinski definition) is 4. The molecular weight excluding hydrogens is 238 g/mol. The number of amides is 1. The average molecular weight is 249 g/mol. The summed E-state index contributed by atoms with van der Waals surface area (Å²) in [4.78, 5) is 11.9. The zero-order valence-electron chi connectivity index (χ0n) is 9.10. The molecule has 0 aliphatic rings. The average Bonchev–Trinajstić information content (AvgIpc) is 2.76. The molecule has 17 heavy (non-hydrogen) atoms. The van der Waals surface area contributed by atoms with E-state index in [-0.39, 0.29) is 23.0 Å². The van der Waals surface area contributed by atoms with Crippen LogP contribution in [-0.4, -0.2) is 16.1 Å². The molecule has 0 spiro atoms. The summed E-state index contributed by atoms with van der Waals surface area (Å²) in [6, 6.07) is 6.14. The third-order valence-corrected chi connectivity index (χ3v) is 3.15. The second-order valence-corrected chi connectivity index (χ2v) is 4.52. The molecule has 1 amide bonds. The topological polar surface area (TPSA) is 69.6 Å². The van der Waals surface area contributed by atoms with Gasteiger partial charge < -0.3 is 15.5 Å². The molecule has 5 heteroatoms. The van der Waals surface area contributed by atoms with Crippen LogP contribution in [0.3, 0.4) is 0 Å². The fraction of sp³-hybridized carbons (Fsp3) is 0.0833. The van der Waals surface area contributed by atoms with Crippen LogP contribution >= 0.6 is 11.3 Å². The second-order valence-electron chi connectivity index (χ2n) is 3.57. The number of anilines is 1. The minimum absolute atomic E-state index is 0.0960. The highest BCUT2D eigenvalue weighted by Crippen LogP contribution is 2.27. The first-order chi connectivity index (χ1) is 8.08. The molecule has 0 saturated carbocycles. The molecule has 0 atom stereocenters. The number of aromatic hydroxyl groups is 2. The molecule has 2 aromatic rings. The molecule has 3 N–H and O–H groups in total. The van der Waals surface area contributed by atoms with E-state index in [4.69, 9.17) is 0 Å². The van der Waals surface area contributed by atoms with Gasteiger partial charge in [-0.05, 0) is 30.5 Å². The number of carbonyl (C=O) groups is 1. The summed E-state index contributed by atoms with van der Waals surface area (Å²) in [5.41, 5.74) is 0.702. The zero-order valence-corrected chi connectivity index (χ0v) is 9.91. The lowest BCUT2D eigenvalue weighted by molar-refractivity contribution is 0.102. The number of hydrogen-bond donors (Lipinski definition) is 3. The van der Waals surface area contributed by atoms with Crippen LogP contribution in [0.5, 0.6) is 11.5 Å². The molecule has 0 fully saturated rings. The summed E-state index contributed by atoms with van der Waals surface area (Å²) in [5, 5.41) is 24.1. The van der Waals surface area contributed by atoms with Gasteiger partial charge in [-0.15, -0.1) is 11.3 Å². The third-order valence-electron chi connectivity index (χ3n) is 2.37. The molecule has 0 unspecified atom stereocenters. The quantitative estimate of drug-likeness (QED) is 0.766.